The second kappa shape index (κ2) is 8.00. The van der Waals surface area contributed by atoms with E-state index in [-0.39, 0.29) is 17.9 Å². The molecule has 1 saturated carbocycles. The molecule has 0 amide bonds. The third-order valence-corrected chi connectivity index (χ3v) is 4.67. The van der Waals surface area contributed by atoms with E-state index in [1.807, 2.05) is 66.7 Å². The van der Waals surface area contributed by atoms with E-state index in [0.29, 0.717) is 6.61 Å². The molecule has 3 heteroatoms. The Hall–Kier alpha value is -3.20. The van der Waals surface area contributed by atoms with Crippen molar-refractivity contribution in [2.75, 3.05) is 0 Å². The number of hydrogen-bond acceptors (Lipinski definition) is 3. The van der Waals surface area contributed by atoms with E-state index in [1.165, 1.54) is 0 Å². The van der Waals surface area contributed by atoms with Gasteiger partial charge in [-0.1, -0.05) is 91.0 Å². The Balaban J connectivity index is 1.47. The maximum atomic E-state index is 12.4. The molecule has 1 aliphatic rings. The Kier molecular flexibility index (Phi) is 5.10. The topological polar surface area (TPSA) is 38.7 Å². The third-order valence-electron chi connectivity index (χ3n) is 4.67. The summed E-state index contributed by atoms with van der Waals surface area (Å²) in [4.78, 5) is 17.3. The highest BCUT2D eigenvalue weighted by Crippen LogP contribution is 2.36. The Morgan fingerprint density at radius 1 is 0.815 bits per heavy atom. The first-order valence-corrected chi connectivity index (χ1v) is 9.20. The van der Waals surface area contributed by atoms with Crippen LogP contribution in [0.15, 0.2) is 96.0 Å². The van der Waals surface area contributed by atoms with Crippen LogP contribution in [0.3, 0.4) is 0 Å². The molecule has 0 unspecified atom stereocenters. The predicted octanol–water partition coefficient (Wildman–Crippen LogP) is 4.66. The van der Waals surface area contributed by atoms with Crippen LogP contribution in [-0.4, -0.2) is 17.7 Å². The van der Waals surface area contributed by atoms with Gasteiger partial charge < -0.3 is 4.74 Å². The van der Waals surface area contributed by atoms with Crippen LogP contribution >= 0.6 is 0 Å². The molecule has 0 bridgehead atoms. The molecule has 0 radical (unpaired) electrons. The molecule has 3 nitrogen and oxygen atoms in total. The highest BCUT2D eigenvalue weighted by atomic mass is 16.5. The molecular weight excluding hydrogens is 334 g/mol. The highest BCUT2D eigenvalue weighted by Gasteiger charge is 2.44. The summed E-state index contributed by atoms with van der Waals surface area (Å²) in [7, 11) is 0. The number of carbonyl (C=O) groups is 1. The predicted molar refractivity (Wildman–Crippen MR) is 107 cm³/mol. The van der Waals surface area contributed by atoms with Crippen molar-refractivity contribution >= 4 is 11.7 Å². The van der Waals surface area contributed by atoms with Crippen LogP contribution < -0.4 is 0 Å². The van der Waals surface area contributed by atoms with Crippen LogP contribution in [0.2, 0.25) is 0 Å². The molecule has 4 rings (SSSR count). The van der Waals surface area contributed by atoms with Crippen LogP contribution in [-0.2, 0) is 16.1 Å². The van der Waals surface area contributed by atoms with E-state index in [0.717, 1.165) is 28.8 Å². The number of carbonyl (C=O) groups excluding carboxylic acids is 1. The van der Waals surface area contributed by atoms with Gasteiger partial charge in [0.25, 0.3) is 0 Å². The largest absolute Gasteiger partial charge is 0.461 e. The van der Waals surface area contributed by atoms with Crippen LogP contribution in [0.5, 0.6) is 0 Å². The Morgan fingerprint density at radius 2 is 1.33 bits per heavy atom. The lowest BCUT2D eigenvalue weighted by atomic mass is 10.0. The van der Waals surface area contributed by atoms with Gasteiger partial charge in [-0.2, -0.15) is 0 Å². The average molecular weight is 355 g/mol. The zero-order valence-corrected chi connectivity index (χ0v) is 15.0. The van der Waals surface area contributed by atoms with E-state index in [9.17, 15) is 4.79 Å². The second-order valence-corrected chi connectivity index (χ2v) is 6.71. The molecule has 0 heterocycles. The Morgan fingerprint density at radius 3 is 1.89 bits per heavy atom. The maximum absolute atomic E-state index is 12.4. The van der Waals surface area contributed by atoms with Crippen molar-refractivity contribution in [1.29, 1.82) is 0 Å². The normalized spacial score (nSPS) is 17.8. The Bertz CT molecular complexity index is 879. The van der Waals surface area contributed by atoms with Crippen LogP contribution in [0.4, 0.5) is 0 Å². The monoisotopic (exact) mass is 355 g/mol. The lowest BCUT2D eigenvalue weighted by Gasteiger charge is -2.08. The van der Waals surface area contributed by atoms with Crippen LogP contribution in [0, 0.1) is 5.92 Å². The number of rotatable bonds is 6. The first-order valence-electron chi connectivity index (χ1n) is 9.20. The quantitative estimate of drug-likeness (QED) is 0.477. The summed E-state index contributed by atoms with van der Waals surface area (Å²) < 4.78 is 5.47. The lowest BCUT2D eigenvalue weighted by molar-refractivity contribution is -0.146. The number of aliphatic imine (C=N–C) groups is 1. The molecule has 0 saturated heterocycles. The molecule has 3 aromatic rings. The fraction of sp³-hybridized carbons (Fsp3) is 0.167. The molecule has 0 aliphatic heterocycles. The molecule has 3 aromatic carbocycles. The van der Waals surface area contributed by atoms with Crippen molar-refractivity contribution in [1.82, 2.24) is 0 Å². The van der Waals surface area contributed by atoms with Crippen LogP contribution in [0.1, 0.15) is 23.1 Å². The minimum atomic E-state index is -0.159. The first-order chi connectivity index (χ1) is 13.3. The summed E-state index contributed by atoms with van der Waals surface area (Å²) in [5, 5.41) is 0. The minimum Gasteiger partial charge on any atom is -0.461 e. The van der Waals surface area contributed by atoms with Gasteiger partial charge in [0, 0.05) is 11.1 Å². The number of esters is 1. The van der Waals surface area contributed by atoms with Crippen molar-refractivity contribution in [3.8, 4) is 0 Å². The molecular formula is C24H21NO2. The number of nitrogens with zero attached hydrogens (tertiary/aromatic N) is 1. The summed E-state index contributed by atoms with van der Waals surface area (Å²) in [6.45, 7) is 0.316. The standard InChI is InChI=1S/C24H21NO2/c26-24(27-17-18-10-4-1-5-11-18)21-16-22(21)25-23(19-12-6-2-7-13-19)20-14-8-3-9-15-20/h1-15,21-22H,16-17H2/t21-,22-/m0/s1. The Labute approximate surface area is 159 Å². The van der Waals surface area contributed by atoms with Crippen molar-refractivity contribution < 1.29 is 9.53 Å². The van der Waals surface area contributed by atoms with E-state index < -0.39 is 0 Å². The third kappa shape index (κ3) is 4.32. The van der Waals surface area contributed by atoms with Crippen molar-refractivity contribution in [3.05, 3.63) is 108 Å². The van der Waals surface area contributed by atoms with Gasteiger partial charge in [-0.3, -0.25) is 9.79 Å². The molecule has 0 aromatic heterocycles. The average Bonchev–Trinajstić information content (AvgIpc) is 3.52. The second-order valence-electron chi connectivity index (χ2n) is 6.71. The summed E-state index contributed by atoms with van der Waals surface area (Å²) in [6.07, 6.45) is 0.747. The van der Waals surface area contributed by atoms with Gasteiger partial charge in [0.2, 0.25) is 0 Å². The van der Waals surface area contributed by atoms with E-state index in [2.05, 4.69) is 24.3 Å². The fourth-order valence-corrected chi connectivity index (χ4v) is 3.09. The zero-order valence-electron chi connectivity index (χ0n) is 15.0. The van der Waals surface area contributed by atoms with E-state index in [1.54, 1.807) is 0 Å². The number of benzene rings is 3. The molecule has 27 heavy (non-hydrogen) atoms. The number of hydrogen-bond donors (Lipinski definition) is 0. The van der Waals surface area contributed by atoms with Gasteiger partial charge in [-0.25, -0.2) is 0 Å². The van der Waals surface area contributed by atoms with Crippen molar-refractivity contribution in [3.63, 3.8) is 0 Å². The fourth-order valence-electron chi connectivity index (χ4n) is 3.09. The molecule has 0 spiro atoms. The first kappa shape index (κ1) is 17.2. The maximum Gasteiger partial charge on any atom is 0.311 e. The van der Waals surface area contributed by atoms with Crippen LogP contribution in [0.25, 0.3) is 0 Å². The van der Waals surface area contributed by atoms with E-state index in [4.69, 9.17) is 9.73 Å². The smallest absolute Gasteiger partial charge is 0.311 e. The van der Waals surface area contributed by atoms with Gasteiger partial charge in [-0.15, -0.1) is 0 Å². The molecule has 2 atom stereocenters. The molecule has 1 fully saturated rings. The zero-order chi connectivity index (χ0) is 18.5. The summed E-state index contributed by atoms with van der Waals surface area (Å²) in [5.41, 5.74) is 4.05. The van der Waals surface area contributed by atoms with Gasteiger partial charge in [0.1, 0.15) is 6.61 Å². The molecule has 1 aliphatic carbocycles. The summed E-state index contributed by atoms with van der Waals surface area (Å²) in [5.74, 6) is -0.302. The van der Waals surface area contributed by atoms with Gasteiger partial charge >= 0.3 is 5.97 Å². The lowest BCUT2D eigenvalue weighted by Crippen LogP contribution is -2.11. The van der Waals surface area contributed by atoms with Gasteiger partial charge in [0.15, 0.2) is 0 Å². The van der Waals surface area contributed by atoms with Gasteiger partial charge in [-0.05, 0) is 12.0 Å². The van der Waals surface area contributed by atoms with Gasteiger partial charge in [0.05, 0.1) is 17.7 Å². The van der Waals surface area contributed by atoms with Crippen molar-refractivity contribution in [2.24, 2.45) is 10.9 Å². The highest BCUT2D eigenvalue weighted by molar-refractivity contribution is 6.13. The number of ether oxygens (including phenoxy) is 1. The SMILES string of the molecule is O=C(OCc1ccccc1)[C@H]1C[C@@H]1N=C(c1ccccc1)c1ccccc1. The molecule has 0 N–H and O–H groups in total. The van der Waals surface area contributed by atoms with E-state index >= 15 is 0 Å². The molecule has 134 valence electrons. The van der Waals surface area contributed by atoms with Crippen molar-refractivity contribution in [2.45, 2.75) is 19.1 Å². The summed E-state index contributed by atoms with van der Waals surface area (Å²) >= 11 is 0. The summed E-state index contributed by atoms with van der Waals surface area (Å²) in [6, 6.07) is 30.0. The minimum absolute atomic E-state index is 0.0105.